The molecule has 2 rings (SSSR count). The number of hydrogen-bond donors (Lipinski definition) is 2. The van der Waals surface area contributed by atoms with Crippen LogP contribution in [-0.4, -0.2) is 11.7 Å². The first-order valence-corrected chi connectivity index (χ1v) is 6.83. The van der Waals surface area contributed by atoms with Crippen molar-refractivity contribution in [3.05, 3.63) is 57.0 Å². The number of halogens is 2. The predicted octanol–water partition coefficient (Wildman–Crippen LogP) is 3.36. The Morgan fingerprint density at radius 2 is 2.22 bits per heavy atom. The van der Waals surface area contributed by atoms with E-state index in [4.69, 9.17) is 11.6 Å². The molecule has 0 aliphatic rings. The van der Waals surface area contributed by atoms with Crippen LogP contribution in [0.15, 0.2) is 35.0 Å². The standard InChI is InChI=1S/C13H13ClFNOS/c14-11-3-9(4-12(15)5-11)6-16-7-13(17)10-1-2-18-8-10/h1-5,8,13,16-17H,6-7H2. The van der Waals surface area contributed by atoms with Gasteiger partial charge in [0.2, 0.25) is 0 Å². The van der Waals surface area contributed by atoms with Gasteiger partial charge in [0.25, 0.3) is 0 Å². The van der Waals surface area contributed by atoms with Crippen LogP contribution in [0.3, 0.4) is 0 Å². The number of aliphatic hydroxyl groups excluding tert-OH is 1. The summed E-state index contributed by atoms with van der Waals surface area (Å²) < 4.78 is 13.1. The van der Waals surface area contributed by atoms with Gasteiger partial charge in [0.05, 0.1) is 6.10 Å². The molecule has 2 nitrogen and oxygen atoms in total. The molecule has 1 atom stereocenters. The zero-order valence-electron chi connectivity index (χ0n) is 9.57. The van der Waals surface area contributed by atoms with E-state index in [0.717, 1.165) is 11.1 Å². The lowest BCUT2D eigenvalue weighted by atomic mass is 10.2. The molecule has 2 aromatic rings. The summed E-state index contributed by atoms with van der Waals surface area (Å²) in [7, 11) is 0. The van der Waals surface area contributed by atoms with Gasteiger partial charge in [0.1, 0.15) is 5.82 Å². The number of hydrogen-bond acceptors (Lipinski definition) is 3. The molecule has 0 saturated heterocycles. The summed E-state index contributed by atoms with van der Waals surface area (Å²) in [6.45, 7) is 0.892. The Hall–Kier alpha value is -0.940. The normalized spacial score (nSPS) is 12.6. The first kappa shape index (κ1) is 13.5. The molecule has 0 bridgehead atoms. The molecule has 96 valence electrons. The summed E-state index contributed by atoms with van der Waals surface area (Å²) in [6.07, 6.45) is -0.541. The van der Waals surface area contributed by atoms with Crippen LogP contribution in [0.4, 0.5) is 4.39 Å². The number of rotatable bonds is 5. The minimum atomic E-state index is -0.541. The molecule has 2 N–H and O–H groups in total. The molecule has 0 fully saturated rings. The Bertz CT molecular complexity index is 483. The summed E-state index contributed by atoms with van der Waals surface area (Å²) >= 11 is 7.30. The lowest BCUT2D eigenvalue weighted by Crippen LogP contribution is -2.20. The van der Waals surface area contributed by atoms with Crippen LogP contribution < -0.4 is 5.32 Å². The van der Waals surface area contributed by atoms with Gasteiger partial charge in [-0.05, 0) is 46.2 Å². The zero-order valence-corrected chi connectivity index (χ0v) is 11.1. The van der Waals surface area contributed by atoms with Crippen LogP contribution in [0.2, 0.25) is 5.02 Å². The van der Waals surface area contributed by atoms with E-state index in [9.17, 15) is 9.50 Å². The molecule has 1 aromatic heterocycles. The summed E-state index contributed by atoms with van der Waals surface area (Å²) in [5.74, 6) is -0.349. The largest absolute Gasteiger partial charge is 0.387 e. The van der Waals surface area contributed by atoms with Gasteiger partial charge in [0, 0.05) is 18.1 Å². The third-order valence-electron chi connectivity index (χ3n) is 2.52. The molecule has 1 unspecified atom stereocenters. The third kappa shape index (κ3) is 3.78. The third-order valence-corrected chi connectivity index (χ3v) is 3.44. The maximum absolute atomic E-state index is 13.1. The van der Waals surface area contributed by atoms with Crippen molar-refractivity contribution in [1.82, 2.24) is 5.32 Å². The van der Waals surface area contributed by atoms with Crippen LogP contribution in [-0.2, 0) is 6.54 Å². The molecule has 0 spiro atoms. The lowest BCUT2D eigenvalue weighted by Gasteiger charge is -2.10. The zero-order chi connectivity index (χ0) is 13.0. The molecule has 18 heavy (non-hydrogen) atoms. The predicted molar refractivity (Wildman–Crippen MR) is 72.4 cm³/mol. The molecule has 0 amide bonds. The van der Waals surface area contributed by atoms with Gasteiger partial charge < -0.3 is 10.4 Å². The highest BCUT2D eigenvalue weighted by Crippen LogP contribution is 2.16. The number of thiophene rings is 1. The van der Waals surface area contributed by atoms with Gasteiger partial charge in [-0.3, -0.25) is 0 Å². The molecular formula is C13H13ClFNOS. The van der Waals surface area contributed by atoms with Crippen LogP contribution in [0, 0.1) is 5.82 Å². The van der Waals surface area contributed by atoms with Gasteiger partial charge in [-0.25, -0.2) is 4.39 Å². The van der Waals surface area contributed by atoms with Crippen LogP contribution >= 0.6 is 22.9 Å². The van der Waals surface area contributed by atoms with Crippen molar-refractivity contribution in [2.24, 2.45) is 0 Å². The summed E-state index contributed by atoms with van der Waals surface area (Å²) in [5, 5.41) is 17.1. The summed E-state index contributed by atoms with van der Waals surface area (Å²) in [6, 6.07) is 6.28. The Morgan fingerprint density at radius 3 is 2.89 bits per heavy atom. The van der Waals surface area contributed by atoms with E-state index >= 15 is 0 Å². The van der Waals surface area contributed by atoms with Crippen LogP contribution in [0.25, 0.3) is 0 Å². The van der Waals surface area contributed by atoms with E-state index < -0.39 is 6.10 Å². The molecule has 0 saturated carbocycles. The van der Waals surface area contributed by atoms with Crippen LogP contribution in [0.1, 0.15) is 17.2 Å². The van der Waals surface area contributed by atoms with Gasteiger partial charge in [-0.15, -0.1) is 0 Å². The average molecular weight is 286 g/mol. The second-order valence-corrected chi connectivity index (χ2v) is 5.20. The van der Waals surface area contributed by atoms with E-state index in [1.807, 2.05) is 16.8 Å². The van der Waals surface area contributed by atoms with E-state index in [0.29, 0.717) is 18.1 Å². The molecule has 1 aromatic carbocycles. The van der Waals surface area contributed by atoms with Crippen molar-refractivity contribution in [2.75, 3.05) is 6.54 Å². The fourth-order valence-corrected chi connectivity index (χ4v) is 2.60. The molecule has 5 heteroatoms. The quantitative estimate of drug-likeness (QED) is 0.883. The monoisotopic (exact) mass is 285 g/mol. The number of benzene rings is 1. The number of aliphatic hydroxyl groups is 1. The Morgan fingerprint density at radius 1 is 1.39 bits per heavy atom. The Balaban J connectivity index is 1.85. The highest BCUT2D eigenvalue weighted by Gasteiger charge is 2.07. The minimum Gasteiger partial charge on any atom is -0.387 e. The van der Waals surface area contributed by atoms with E-state index in [-0.39, 0.29) is 5.82 Å². The topological polar surface area (TPSA) is 32.3 Å². The SMILES string of the molecule is OC(CNCc1cc(F)cc(Cl)c1)c1ccsc1. The van der Waals surface area contributed by atoms with E-state index in [1.165, 1.54) is 12.1 Å². The fourth-order valence-electron chi connectivity index (χ4n) is 1.65. The molecule has 0 radical (unpaired) electrons. The van der Waals surface area contributed by atoms with Crippen LogP contribution in [0.5, 0.6) is 0 Å². The van der Waals surface area contributed by atoms with Gasteiger partial charge in [-0.1, -0.05) is 11.6 Å². The van der Waals surface area contributed by atoms with Gasteiger partial charge in [-0.2, -0.15) is 11.3 Å². The summed E-state index contributed by atoms with van der Waals surface area (Å²) in [5.41, 5.74) is 1.65. The van der Waals surface area contributed by atoms with Crippen molar-refractivity contribution in [1.29, 1.82) is 0 Å². The smallest absolute Gasteiger partial charge is 0.125 e. The van der Waals surface area contributed by atoms with Crippen molar-refractivity contribution >= 4 is 22.9 Å². The second-order valence-electron chi connectivity index (χ2n) is 3.98. The first-order valence-electron chi connectivity index (χ1n) is 5.51. The highest BCUT2D eigenvalue weighted by molar-refractivity contribution is 7.07. The average Bonchev–Trinajstić information content (AvgIpc) is 2.80. The molecule has 0 aliphatic carbocycles. The second kappa shape index (κ2) is 6.29. The molecule has 0 aliphatic heterocycles. The highest BCUT2D eigenvalue weighted by atomic mass is 35.5. The van der Waals surface area contributed by atoms with Crippen molar-refractivity contribution in [2.45, 2.75) is 12.6 Å². The lowest BCUT2D eigenvalue weighted by molar-refractivity contribution is 0.175. The molecular weight excluding hydrogens is 273 g/mol. The summed E-state index contributed by atoms with van der Waals surface area (Å²) in [4.78, 5) is 0. The van der Waals surface area contributed by atoms with Crippen molar-refractivity contribution < 1.29 is 9.50 Å². The number of nitrogens with one attached hydrogen (secondary N) is 1. The Kier molecular flexibility index (Phi) is 4.72. The Labute approximate surface area is 114 Å². The van der Waals surface area contributed by atoms with Gasteiger partial charge >= 0.3 is 0 Å². The van der Waals surface area contributed by atoms with E-state index in [2.05, 4.69) is 5.32 Å². The maximum Gasteiger partial charge on any atom is 0.125 e. The minimum absolute atomic E-state index is 0.349. The van der Waals surface area contributed by atoms with Crippen molar-refractivity contribution in [3.8, 4) is 0 Å². The fraction of sp³-hybridized carbons (Fsp3) is 0.231. The first-order chi connectivity index (χ1) is 8.65. The van der Waals surface area contributed by atoms with Crippen molar-refractivity contribution in [3.63, 3.8) is 0 Å². The molecule has 1 heterocycles. The maximum atomic E-state index is 13.1. The van der Waals surface area contributed by atoms with E-state index in [1.54, 1.807) is 17.4 Å². The van der Waals surface area contributed by atoms with Gasteiger partial charge in [0.15, 0.2) is 0 Å².